The first-order valence-electron chi connectivity index (χ1n) is 6.37. The van der Waals surface area contributed by atoms with Gasteiger partial charge in [0.2, 0.25) is 5.91 Å². The van der Waals surface area contributed by atoms with Crippen LogP contribution in [0.1, 0.15) is 25.0 Å². The molecule has 0 spiro atoms. The molecule has 1 N–H and O–H groups in total. The molecule has 1 fully saturated rings. The zero-order valence-electron chi connectivity index (χ0n) is 10.6. The number of carbonyl (C=O) groups excluding carboxylic acids is 1. The molecular formula is C14H17NO4. The Morgan fingerprint density at radius 1 is 1.42 bits per heavy atom. The van der Waals surface area contributed by atoms with Crippen molar-refractivity contribution < 1.29 is 19.1 Å². The zero-order chi connectivity index (χ0) is 13.7. The van der Waals surface area contributed by atoms with Gasteiger partial charge < -0.3 is 14.4 Å². The number of carbonyl (C=O) groups is 2. The molecule has 1 aromatic heterocycles. The van der Waals surface area contributed by atoms with Gasteiger partial charge in [-0.05, 0) is 37.0 Å². The molecule has 5 heteroatoms. The molecule has 1 saturated heterocycles. The van der Waals surface area contributed by atoms with Crippen molar-refractivity contribution in [2.75, 3.05) is 13.1 Å². The highest BCUT2D eigenvalue weighted by Crippen LogP contribution is 2.20. The SMILES string of the molecule is O=C(O)CC1CCN(C(=O)C=Cc2ccco2)CC1. The standard InChI is InChI=1S/C14H17NO4/c16-13(4-3-12-2-1-9-19-12)15-7-5-11(6-8-15)10-14(17)18/h1-4,9,11H,5-8,10H2,(H,17,18). The van der Waals surface area contributed by atoms with Crippen LogP contribution >= 0.6 is 0 Å². The molecule has 2 rings (SSSR count). The lowest BCUT2D eigenvalue weighted by Crippen LogP contribution is -2.37. The summed E-state index contributed by atoms with van der Waals surface area (Å²) in [5, 5.41) is 8.73. The average molecular weight is 263 g/mol. The van der Waals surface area contributed by atoms with Gasteiger partial charge in [0, 0.05) is 25.6 Å². The lowest BCUT2D eigenvalue weighted by molar-refractivity contribution is -0.138. The van der Waals surface area contributed by atoms with Crippen LogP contribution in [0.3, 0.4) is 0 Å². The second-order valence-electron chi connectivity index (χ2n) is 4.72. The van der Waals surface area contributed by atoms with Gasteiger partial charge in [-0.1, -0.05) is 0 Å². The maximum absolute atomic E-state index is 11.9. The molecule has 1 amide bonds. The fourth-order valence-electron chi connectivity index (χ4n) is 2.25. The molecule has 0 unspecified atom stereocenters. The van der Waals surface area contributed by atoms with E-state index in [1.54, 1.807) is 29.4 Å². The predicted octanol–water partition coefficient (Wildman–Crippen LogP) is 2.01. The molecule has 1 aliphatic heterocycles. The lowest BCUT2D eigenvalue weighted by Gasteiger charge is -2.30. The van der Waals surface area contributed by atoms with Crippen LogP contribution in [-0.2, 0) is 9.59 Å². The fourth-order valence-corrected chi connectivity index (χ4v) is 2.25. The number of amides is 1. The van der Waals surface area contributed by atoms with E-state index in [9.17, 15) is 9.59 Å². The van der Waals surface area contributed by atoms with Gasteiger partial charge in [0.1, 0.15) is 5.76 Å². The normalized spacial score (nSPS) is 16.9. The summed E-state index contributed by atoms with van der Waals surface area (Å²) in [6.45, 7) is 1.25. The number of likely N-dealkylation sites (tertiary alicyclic amines) is 1. The molecule has 5 nitrogen and oxygen atoms in total. The summed E-state index contributed by atoms with van der Waals surface area (Å²) >= 11 is 0. The second kappa shape index (κ2) is 6.22. The highest BCUT2D eigenvalue weighted by Gasteiger charge is 2.23. The summed E-state index contributed by atoms with van der Waals surface area (Å²) < 4.78 is 5.11. The molecule has 102 valence electrons. The number of hydrogen-bond acceptors (Lipinski definition) is 3. The molecule has 0 bridgehead atoms. The molecule has 0 radical (unpaired) electrons. The van der Waals surface area contributed by atoms with Crippen LogP contribution in [0.2, 0.25) is 0 Å². The first-order chi connectivity index (χ1) is 9.15. The van der Waals surface area contributed by atoms with E-state index in [-0.39, 0.29) is 18.2 Å². The summed E-state index contributed by atoms with van der Waals surface area (Å²) in [6, 6.07) is 3.55. The molecule has 2 heterocycles. The quantitative estimate of drug-likeness (QED) is 0.843. The van der Waals surface area contributed by atoms with E-state index < -0.39 is 5.97 Å². The minimum atomic E-state index is -0.762. The third-order valence-electron chi connectivity index (χ3n) is 3.32. The van der Waals surface area contributed by atoms with Crippen LogP contribution in [0.5, 0.6) is 0 Å². The number of hydrogen-bond donors (Lipinski definition) is 1. The van der Waals surface area contributed by atoms with Gasteiger partial charge in [-0.25, -0.2) is 0 Å². The van der Waals surface area contributed by atoms with Crippen LogP contribution in [0.25, 0.3) is 6.08 Å². The summed E-state index contributed by atoms with van der Waals surface area (Å²) in [5.74, 6) is 0.0254. The number of furan rings is 1. The van der Waals surface area contributed by atoms with E-state index in [2.05, 4.69) is 0 Å². The Hall–Kier alpha value is -2.04. The number of rotatable bonds is 4. The first kappa shape index (κ1) is 13.4. The van der Waals surface area contributed by atoms with E-state index in [1.807, 2.05) is 0 Å². The molecule has 0 aliphatic carbocycles. The van der Waals surface area contributed by atoms with Crippen molar-refractivity contribution in [1.29, 1.82) is 0 Å². The Morgan fingerprint density at radius 2 is 2.16 bits per heavy atom. The number of nitrogens with zero attached hydrogens (tertiary/aromatic N) is 1. The van der Waals surface area contributed by atoms with Crippen molar-refractivity contribution in [2.45, 2.75) is 19.3 Å². The van der Waals surface area contributed by atoms with Gasteiger partial charge in [0.25, 0.3) is 0 Å². The predicted molar refractivity (Wildman–Crippen MR) is 69.3 cm³/mol. The van der Waals surface area contributed by atoms with Crippen LogP contribution < -0.4 is 0 Å². The lowest BCUT2D eigenvalue weighted by atomic mass is 9.93. The molecule has 1 aromatic rings. The minimum absolute atomic E-state index is 0.0508. The largest absolute Gasteiger partial charge is 0.481 e. The summed E-state index contributed by atoms with van der Waals surface area (Å²) in [4.78, 5) is 24.3. The number of carboxylic acid groups (broad SMARTS) is 1. The van der Waals surface area contributed by atoms with Gasteiger partial charge in [0.05, 0.1) is 6.26 Å². The second-order valence-corrected chi connectivity index (χ2v) is 4.72. The molecule has 19 heavy (non-hydrogen) atoms. The van der Waals surface area contributed by atoms with Crippen molar-refractivity contribution >= 4 is 18.0 Å². The highest BCUT2D eigenvalue weighted by atomic mass is 16.4. The van der Waals surface area contributed by atoms with Crippen molar-refractivity contribution in [3.63, 3.8) is 0 Å². The Morgan fingerprint density at radius 3 is 2.74 bits per heavy atom. The maximum atomic E-state index is 11.9. The van der Waals surface area contributed by atoms with Crippen molar-refractivity contribution in [3.8, 4) is 0 Å². The number of aliphatic carboxylic acids is 1. The van der Waals surface area contributed by atoms with E-state index in [1.165, 1.54) is 6.08 Å². The molecular weight excluding hydrogens is 246 g/mol. The summed E-state index contributed by atoms with van der Waals surface area (Å²) in [5.41, 5.74) is 0. The smallest absolute Gasteiger partial charge is 0.303 e. The third-order valence-corrected chi connectivity index (χ3v) is 3.32. The Balaban J connectivity index is 1.81. The molecule has 0 atom stereocenters. The first-order valence-corrected chi connectivity index (χ1v) is 6.37. The summed E-state index contributed by atoms with van der Waals surface area (Å²) in [7, 11) is 0. The van der Waals surface area contributed by atoms with Gasteiger partial charge in [-0.2, -0.15) is 0 Å². The minimum Gasteiger partial charge on any atom is -0.481 e. The Labute approximate surface area is 111 Å². The van der Waals surface area contributed by atoms with E-state index in [0.29, 0.717) is 18.8 Å². The molecule has 1 aliphatic rings. The zero-order valence-corrected chi connectivity index (χ0v) is 10.6. The topological polar surface area (TPSA) is 70.8 Å². The Bertz CT molecular complexity index is 456. The highest BCUT2D eigenvalue weighted by molar-refractivity contribution is 5.91. The summed E-state index contributed by atoms with van der Waals surface area (Å²) in [6.07, 6.45) is 6.41. The fraction of sp³-hybridized carbons (Fsp3) is 0.429. The van der Waals surface area contributed by atoms with Crippen LogP contribution in [-0.4, -0.2) is 35.0 Å². The van der Waals surface area contributed by atoms with E-state index in [0.717, 1.165) is 12.8 Å². The molecule has 0 aromatic carbocycles. The van der Waals surface area contributed by atoms with Gasteiger partial charge >= 0.3 is 5.97 Å². The van der Waals surface area contributed by atoms with Crippen LogP contribution in [0.4, 0.5) is 0 Å². The number of piperidine rings is 1. The van der Waals surface area contributed by atoms with Crippen molar-refractivity contribution in [2.24, 2.45) is 5.92 Å². The van der Waals surface area contributed by atoms with Crippen molar-refractivity contribution in [1.82, 2.24) is 4.90 Å². The van der Waals surface area contributed by atoms with Gasteiger partial charge in [0.15, 0.2) is 0 Å². The van der Waals surface area contributed by atoms with Gasteiger partial charge in [-0.15, -0.1) is 0 Å². The van der Waals surface area contributed by atoms with Crippen LogP contribution in [0, 0.1) is 5.92 Å². The third kappa shape index (κ3) is 3.98. The Kier molecular flexibility index (Phi) is 4.39. The van der Waals surface area contributed by atoms with Crippen LogP contribution in [0.15, 0.2) is 28.9 Å². The maximum Gasteiger partial charge on any atom is 0.303 e. The van der Waals surface area contributed by atoms with E-state index in [4.69, 9.17) is 9.52 Å². The monoisotopic (exact) mass is 263 g/mol. The molecule has 0 saturated carbocycles. The van der Waals surface area contributed by atoms with Gasteiger partial charge in [-0.3, -0.25) is 9.59 Å². The van der Waals surface area contributed by atoms with Crippen molar-refractivity contribution in [3.05, 3.63) is 30.2 Å². The number of carboxylic acids is 1. The van der Waals surface area contributed by atoms with E-state index >= 15 is 0 Å². The average Bonchev–Trinajstić information content (AvgIpc) is 2.89.